The second-order valence-electron chi connectivity index (χ2n) is 4.70. The maximum Gasteiger partial charge on any atom is 0.338 e. The van der Waals surface area contributed by atoms with E-state index in [2.05, 4.69) is 15.9 Å². The van der Waals surface area contributed by atoms with Gasteiger partial charge in [0.15, 0.2) is 5.82 Å². The SMILES string of the molecule is CN(C)CCN(C)S(=O)(=O)c1cc(Br)cc(C(=O)O)c1F. The zero-order valence-corrected chi connectivity index (χ0v) is 14.2. The third-order valence-corrected chi connectivity index (χ3v) is 5.10. The number of sulfonamides is 1. The summed E-state index contributed by atoms with van der Waals surface area (Å²) in [7, 11) is 0.774. The Morgan fingerprint density at radius 3 is 2.33 bits per heavy atom. The lowest BCUT2D eigenvalue weighted by molar-refractivity contribution is 0.0691. The minimum absolute atomic E-state index is 0.156. The van der Waals surface area contributed by atoms with Gasteiger partial charge < -0.3 is 10.0 Å². The molecule has 0 spiro atoms. The van der Waals surface area contributed by atoms with Crippen LogP contribution >= 0.6 is 15.9 Å². The van der Waals surface area contributed by atoms with E-state index in [1.165, 1.54) is 7.05 Å². The van der Waals surface area contributed by atoms with Gasteiger partial charge in [0.1, 0.15) is 4.90 Å². The van der Waals surface area contributed by atoms with Crippen molar-refractivity contribution >= 4 is 31.9 Å². The number of benzene rings is 1. The predicted octanol–water partition coefficient (Wildman–Crippen LogP) is 1.47. The van der Waals surface area contributed by atoms with Crippen molar-refractivity contribution in [2.75, 3.05) is 34.2 Å². The maximum absolute atomic E-state index is 14.1. The second-order valence-corrected chi connectivity index (χ2v) is 7.63. The molecule has 0 heterocycles. The predicted molar refractivity (Wildman–Crippen MR) is 79.4 cm³/mol. The van der Waals surface area contributed by atoms with Gasteiger partial charge in [0, 0.05) is 24.6 Å². The van der Waals surface area contributed by atoms with Crippen LogP contribution in [0, 0.1) is 5.82 Å². The molecule has 0 aliphatic carbocycles. The van der Waals surface area contributed by atoms with E-state index in [4.69, 9.17) is 5.11 Å². The molecule has 1 N–H and O–H groups in total. The summed E-state index contributed by atoms with van der Waals surface area (Å²) in [4.78, 5) is 12.1. The average molecular weight is 383 g/mol. The fourth-order valence-corrected chi connectivity index (χ4v) is 3.42. The van der Waals surface area contributed by atoms with E-state index in [1.807, 2.05) is 0 Å². The highest BCUT2D eigenvalue weighted by Gasteiger charge is 2.28. The molecule has 0 radical (unpaired) electrons. The molecule has 0 aliphatic rings. The quantitative estimate of drug-likeness (QED) is 0.805. The first-order valence-electron chi connectivity index (χ1n) is 5.90. The number of nitrogens with zero attached hydrogens (tertiary/aromatic N) is 2. The van der Waals surface area contributed by atoms with Gasteiger partial charge in [-0.2, -0.15) is 4.31 Å². The van der Waals surface area contributed by atoms with Crippen LogP contribution in [0.4, 0.5) is 4.39 Å². The van der Waals surface area contributed by atoms with Gasteiger partial charge in [-0.05, 0) is 26.2 Å². The summed E-state index contributed by atoms with van der Waals surface area (Å²) >= 11 is 3.00. The first kappa shape index (κ1) is 18.0. The van der Waals surface area contributed by atoms with Crippen molar-refractivity contribution in [2.45, 2.75) is 4.90 Å². The zero-order chi connectivity index (χ0) is 16.4. The van der Waals surface area contributed by atoms with E-state index >= 15 is 0 Å². The maximum atomic E-state index is 14.1. The third kappa shape index (κ3) is 4.22. The van der Waals surface area contributed by atoms with Crippen molar-refractivity contribution in [1.82, 2.24) is 9.21 Å². The lowest BCUT2D eigenvalue weighted by atomic mass is 10.2. The fourth-order valence-electron chi connectivity index (χ4n) is 1.54. The molecule has 0 aliphatic heterocycles. The molecule has 118 valence electrons. The first-order chi connectivity index (χ1) is 9.57. The fraction of sp³-hybridized carbons (Fsp3) is 0.417. The summed E-state index contributed by atoms with van der Waals surface area (Å²) in [6, 6.07) is 2.08. The molecule has 0 fully saturated rings. The Morgan fingerprint density at radius 1 is 1.29 bits per heavy atom. The van der Waals surface area contributed by atoms with Crippen LogP contribution in [0.15, 0.2) is 21.5 Å². The number of aromatic carboxylic acids is 1. The van der Waals surface area contributed by atoms with Crippen LogP contribution in [0.5, 0.6) is 0 Å². The standard InChI is InChI=1S/C12H16BrFN2O4S/c1-15(2)4-5-16(3)21(19,20)10-7-8(13)6-9(11(10)14)12(17)18/h6-7H,4-5H2,1-3H3,(H,17,18). The van der Waals surface area contributed by atoms with Crippen molar-refractivity contribution in [3.63, 3.8) is 0 Å². The van der Waals surface area contributed by atoms with E-state index < -0.39 is 32.3 Å². The number of carboxylic acids is 1. The molecule has 0 atom stereocenters. The molecule has 9 heteroatoms. The van der Waals surface area contributed by atoms with Gasteiger partial charge >= 0.3 is 5.97 Å². The highest BCUT2D eigenvalue weighted by molar-refractivity contribution is 9.10. The highest BCUT2D eigenvalue weighted by Crippen LogP contribution is 2.26. The first-order valence-corrected chi connectivity index (χ1v) is 8.14. The van der Waals surface area contributed by atoms with Crippen LogP contribution in [0.25, 0.3) is 0 Å². The van der Waals surface area contributed by atoms with Crippen LogP contribution < -0.4 is 0 Å². The number of carboxylic acid groups (broad SMARTS) is 1. The second kappa shape index (κ2) is 6.82. The van der Waals surface area contributed by atoms with E-state index in [9.17, 15) is 17.6 Å². The molecule has 1 aromatic carbocycles. The Morgan fingerprint density at radius 2 is 1.86 bits per heavy atom. The minimum Gasteiger partial charge on any atom is -0.478 e. The lowest BCUT2D eigenvalue weighted by Gasteiger charge is -2.20. The van der Waals surface area contributed by atoms with Gasteiger partial charge in [-0.3, -0.25) is 0 Å². The van der Waals surface area contributed by atoms with Gasteiger partial charge in [-0.15, -0.1) is 0 Å². The summed E-state index contributed by atoms with van der Waals surface area (Å²) in [6.45, 7) is 0.612. The molecular formula is C12H16BrFN2O4S. The van der Waals surface area contributed by atoms with Gasteiger partial charge in [0.2, 0.25) is 10.0 Å². The van der Waals surface area contributed by atoms with E-state index in [0.717, 1.165) is 16.4 Å². The smallest absolute Gasteiger partial charge is 0.338 e. The summed E-state index contributed by atoms with van der Waals surface area (Å²) in [6.07, 6.45) is 0. The summed E-state index contributed by atoms with van der Waals surface area (Å²) in [5.74, 6) is -2.79. The van der Waals surface area contributed by atoms with E-state index in [1.54, 1.807) is 19.0 Å². The Hall–Kier alpha value is -1.03. The van der Waals surface area contributed by atoms with Crippen molar-refractivity contribution in [2.24, 2.45) is 0 Å². The van der Waals surface area contributed by atoms with Crippen LogP contribution in [-0.2, 0) is 10.0 Å². The van der Waals surface area contributed by atoms with Crippen LogP contribution in [0.2, 0.25) is 0 Å². The number of halogens is 2. The van der Waals surface area contributed by atoms with Crippen LogP contribution in [0.1, 0.15) is 10.4 Å². The Kier molecular flexibility index (Phi) is 5.85. The molecule has 1 aromatic rings. The molecule has 0 amide bonds. The Balaban J connectivity index is 3.28. The monoisotopic (exact) mass is 382 g/mol. The van der Waals surface area contributed by atoms with Crippen molar-refractivity contribution < 1.29 is 22.7 Å². The van der Waals surface area contributed by atoms with Gasteiger partial charge in [0.25, 0.3) is 0 Å². The molecule has 0 saturated carbocycles. The molecule has 0 aromatic heterocycles. The number of likely N-dealkylation sites (N-methyl/N-ethyl adjacent to an activating group) is 2. The molecule has 6 nitrogen and oxygen atoms in total. The van der Waals surface area contributed by atoms with Crippen molar-refractivity contribution in [3.05, 3.63) is 28.0 Å². The number of rotatable bonds is 6. The van der Waals surface area contributed by atoms with Crippen LogP contribution in [0.3, 0.4) is 0 Å². The number of hydrogen-bond donors (Lipinski definition) is 1. The Bertz CT molecular complexity index is 649. The molecular weight excluding hydrogens is 367 g/mol. The normalized spacial score (nSPS) is 12.1. The number of hydrogen-bond acceptors (Lipinski definition) is 4. The van der Waals surface area contributed by atoms with Gasteiger partial charge in [-0.1, -0.05) is 15.9 Å². The molecule has 0 bridgehead atoms. The zero-order valence-electron chi connectivity index (χ0n) is 11.8. The molecule has 0 saturated heterocycles. The number of carbonyl (C=O) groups is 1. The largest absolute Gasteiger partial charge is 0.478 e. The Labute approximate surface area is 131 Å². The van der Waals surface area contributed by atoms with Crippen molar-refractivity contribution in [3.8, 4) is 0 Å². The highest BCUT2D eigenvalue weighted by atomic mass is 79.9. The minimum atomic E-state index is -4.11. The average Bonchev–Trinajstić information content (AvgIpc) is 2.37. The molecule has 0 unspecified atom stereocenters. The third-order valence-electron chi connectivity index (χ3n) is 2.78. The topological polar surface area (TPSA) is 77.9 Å². The lowest BCUT2D eigenvalue weighted by Crippen LogP contribution is -2.34. The van der Waals surface area contributed by atoms with E-state index in [0.29, 0.717) is 6.54 Å². The summed E-state index contributed by atoms with van der Waals surface area (Å²) in [5, 5.41) is 8.92. The van der Waals surface area contributed by atoms with Crippen LogP contribution in [-0.4, -0.2) is 62.9 Å². The van der Waals surface area contributed by atoms with Crippen molar-refractivity contribution in [1.29, 1.82) is 0 Å². The van der Waals surface area contributed by atoms with Gasteiger partial charge in [0.05, 0.1) is 5.56 Å². The van der Waals surface area contributed by atoms with Gasteiger partial charge in [-0.25, -0.2) is 17.6 Å². The summed E-state index contributed by atoms with van der Waals surface area (Å²) in [5.41, 5.74) is -0.691. The summed E-state index contributed by atoms with van der Waals surface area (Å²) < 4.78 is 40.0. The van der Waals surface area contributed by atoms with E-state index in [-0.39, 0.29) is 11.0 Å². The molecule has 21 heavy (non-hydrogen) atoms. The molecule has 1 rings (SSSR count).